The Morgan fingerprint density at radius 2 is 2.23 bits per heavy atom. The highest BCUT2D eigenvalue weighted by molar-refractivity contribution is 6.31. The van der Waals surface area contributed by atoms with E-state index in [2.05, 4.69) is 15.5 Å². The van der Waals surface area contributed by atoms with Gasteiger partial charge >= 0.3 is 0 Å². The minimum atomic E-state index is -0.397. The molecule has 1 aromatic rings. The van der Waals surface area contributed by atoms with E-state index in [9.17, 15) is 14.9 Å². The van der Waals surface area contributed by atoms with Crippen LogP contribution < -0.4 is 10.6 Å². The molecule has 1 aromatic carbocycles. The van der Waals surface area contributed by atoms with Crippen LogP contribution in [0.2, 0.25) is 5.02 Å². The van der Waals surface area contributed by atoms with Gasteiger partial charge in [0.15, 0.2) is 0 Å². The van der Waals surface area contributed by atoms with Crippen molar-refractivity contribution in [2.45, 2.75) is 38.3 Å². The van der Waals surface area contributed by atoms with Crippen molar-refractivity contribution in [3.8, 4) is 0 Å². The molecule has 0 aliphatic carbocycles. The molecule has 0 bridgehead atoms. The number of halogens is 1. The maximum absolute atomic E-state index is 12.1. The second-order valence-electron chi connectivity index (χ2n) is 7.17. The molecule has 0 spiro atoms. The van der Waals surface area contributed by atoms with E-state index >= 15 is 0 Å². The summed E-state index contributed by atoms with van der Waals surface area (Å²) < 4.78 is 0. The summed E-state index contributed by atoms with van der Waals surface area (Å²) in [4.78, 5) is 25.0. The van der Waals surface area contributed by atoms with Crippen molar-refractivity contribution in [1.82, 2.24) is 15.5 Å². The van der Waals surface area contributed by atoms with Gasteiger partial charge in [-0.2, -0.15) is 0 Å². The third-order valence-corrected chi connectivity index (χ3v) is 5.55. The number of carbonyl (C=O) groups is 1. The van der Waals surface area contributed by atoms with Gasteiger partial charge in [-0.25, -0.2) is 0 Å². The highest BCUT2D eigenvalue weighted by Crippen LogP contribution is 2.25. The molecular formula is C18H25ClN4O3. The molecular weight excluding hydrogens is 356 g/mol. The third kappa shape index (κ3) is 4.93. The number of nitrogens with one attached hydrogen (secondary N) is 2. The average Bonchev–Trinajstić information content (AvgIpc) is 3.16. The fourth-order valence-electron chi connectivity index (χ4n) is 3.77. The quantitative estimate of drug-likeness (QED) is 0.584. The number of rotatable bonds is 6. The predicted molar refractivity (Wildman–Crippen MR) is 100 cm³/mol. The largest absolute Gasteiger partial charge is 0.354 e. The number of piperidine rings is 1. The van der Waals surface area contributed by atoms with Crippen molar-refractivity contribution in [2.75, 3.05) is 26.2 Å². The Balaban J connectivity index is 1.52. The first kappa shape index (κ1) is 19.1. The van der Waals surface area contributed by atoms with Crippen LogP contribution in [-0.4, -0.2) is 48.0 Å². The van der Waals surface area contributed by atoms with Gasteiger partial charge in [0.1, 0.15) is 0 Å². The van der Waals surface area contributed by atoms with E-state index in [0.717, 1.165) is 50.9 Å². The van der Waals surface area contributed by atoms with Gasteiger partial charge in [-0.05, 0) is 56.3 Å². The fraction of sp³-hybridized carbons (Fsp3) is 0.611. The Morgan fingerprint density at radius 1 is 1.38 bits per heavy atom. The summed E-state index contributed by atoms with van der Waals surface area (Å²) in [6.45, 7) is 3.98. The first-order valence-electron chi connectivity index (χ1n) is 9.19. The molecule has 2 heterocycles. The number of nitrogens with zero attached hydrogens (tertiary/aromatic N) is 2. The Kier molecular flexibility index (Phi) is 6.45. The highest BCUT2D eigenvalue weighted by Gasteiger charge is 2.25. The van der Waals surface area contributed by atoms with E-state index in [1.807, 2.05) is 0 Å². The van der Waals surface area contributed by atoms with Crippen LogP contribution in [0.5, 0.6) is 0 Å². The second-order valence-corrected chi connectivity index (χ2v) is 7.58. The van der Waals surface area contributed by atoms with Crippen molar-refractivity contribution in [3.05, 3.63) is 38.9 Å². The topological polar surface area (TPSA) is 87.5 Å². The summed E-state index contributed by atoms with van der Waals surface area (Å²) in [5, 5.41) is 17.8. The first-order chi connectivity index (χ1) is 12.5. The third-order valence-electron chi connectivity index (χ3n) is 5.18. The van der Waals surface area contributed by atoms with E-state index in [1.165, 1.54) is 6.07 Å². The van der Waals surface area contributed by atoms with Crippen molar-refractivity contribution < 1.29 is 9.72 Å². The van der Waals surface area contributed by atoms with Gasteiger partial charge < -0.3 is 10.6 Å². The van der Waals surface area contributed by atoms with E-state index < -0.39 is 4.92 Å². The SMILES string of the molecule is O=C(NCC1CCCN(Cc2cc([N+](=O)[O-])ccc2Cl)C1)C1CCCN1. The predicted octanol–water partition coefficient (Wildman–Crippen LogP) is 2.33. The molecule has 7 nitrogen and oxygen atoms in total. The van der Waals surface area contributed by atoms with Crippen LogP contribution in [0.25, 0.3) is 0 Å². The lowest BCUT2D eigenvalue weighted by molar-refractivity contribution is -0.384. The van der Waals surface area contributed by atoms with Crippen LogP contribution in [0.15, 0.2) is 18.2 Å². The lowest BCUT2D eigenvalue weighted by Crippen LogP contribution is -2.45. The number of non-ortho nitro benzene ring substituents is 1. The summed E-state index contributed by atoms with van der Waals surface area (Å²) in [5.74, 6) is 0.493. The van der Waals surface area contributed by atoms with Crippen LogP contribution >= 0.6 is 11.6 Å². The summed E-state index contributed by atoms with van der Waals surface area (Å²) in [7, 11) is 0. The first-order valence-corrected chi connectivity index (χ1v) is 9.57. The number of amides is 1. The molecule has 3 rings (SSSR count). The number of nitro groups is 1. The van der Waals surface area contributed by atoms with Gasteiger partial charge in [-0.15, -0.1) is 0 Å². The molecule has 0 saturated carbocycles. The summed E-state index contributed by atoms with van der Waals surface area (Å²) in [6, 6.07) is 4.53. The molecule has 2 saturated heterocycles. The molecule has 2 fully saturated rings. The normalized spacial score (nSPS) is 23.7. The second kappa shape index (κ2) is 8.79. The molecule has 8 heteroatoms. The zero-order valence-electron chi connectivity index (χ0n) is 14.7. The molecule has 0 aromatic heterocycles. The van der Waals surface area contributed by atoms with Gasteiger partial charge in [0.2, 0.25) is 5.91 Å². The number of likely N-dealkylation sites (tertiary alicyclic amines) is 1. The standard InChI is InChI=1S/C18H25ClN4O3/c19-16-6-5-15(23(25)26)9-14(16)12-22-8-2-3-13(11-22)10-21-18(24)17-4-1-7-20-17/h5-6,9,13,17,20H,1-4,7-8,10-12H2,(H,21,24). The number of carbonyl (C=O) groups excluding carboxylic acids is 1. The Labute approximate surface area is 158 Å². The van der Waals surface area contributed by atoms with Crippen LogP contribution in [0.3, 0.4) is 0 Å². The number of benzene rings is 1. The molecule has 1 amide bonds. The molecule has 2 atom stereocenters. The minimum absolute atomic E-state index is 0.0432. The van der Waals surface area contributed by atoms with E-state index in [1.54, 1.807) is 12.1 Å². The number of hydrogen-bond acceptors (Lipinski definition) is 5. The summed E-state index contributed by atoms with van der Waals surface area (Å²) in [5.41, 5.74) is 0.843. The van der Waals surface area contributed by atoms with Crippen molar-refractivity contribution in [1.29, 1.82) is 0 Å². The molecule has 142 valence electrons. The lowest BCUT2D eigenvalue weighted by Gasteiger charge is -2.33. The monoisotopic (exact) mass is 380 g/mol. The van der Waals surface area contributed by atoms with Crippen LogP contribution in [-0.2, 0) is 11.3 Å². The average molecular weight is 381 g/mol. The highest BCUT2D eigenvalue weighted by atomic mass is 35.5. The van der Waals surface area contributed by atoms with Gasteiger partial charge in [-0.3, -0.25) is 19.8 Å². The molecule has 2 N–H and O–H groups in total. The number of nitro benzene ring substituents is 1. The zero-order chi connectivity index (χ0) is 18.5. The summed E-state index contributed by atoms with van der Waals surface area (Å²) >= 11 is 6.22. The van der Waals surface area contributed by atoms with Crippen molar-refractivity contribution >= 4 is 23.2 Å². The lowest BCUT2D eigenvalue weighted by atomic mass is 9.97. The smallest absolute Gasteiger partial charge is 0.269 e. The molecule has 26 heavy (non-hydrogen) atoms. The Hall–Kier alpha value is -1.70. The Bertz CT molecular complexity index is 664. The van der Waals surface area contributed by atoms with Crippen molar-refractivity contribution in [2.24, 2.45) is 5.92 Å². The molecule has 0 radical (unpaired) electrons. The van der Waals surface area contributed by atoms with Gasteiger partial charge in [-0.1, -0.05) is 11.6 Å². The maximum Gasteiger partial charge on any atom is 0.269 e. The maximum atomic E-state index is 12.1. The van der Waals surface area contributed by atoms with Crippen LogP contribution in [0.4, 0.5) is 5.69 Å². The van der Waals surface area contributed by atoms with E-state index in [-0.39, 0.29) is 17.6 Å². The summed E-state index contributed by atoms with van der Waals surface area (Å²) in [6.07, 6.45) is 4.10. The van der Waals surface area contributed by atoms with Gasteiger partial charge in [0, 0.05) is 36.8 Å². The molecule has 2 unspecified atom stereocenters. The van der Waals surface area contributed by atoms with E-state index in [0.29, 0.717) is 24.0 Å². The molecule has 2 aliphatic rings. The van der Waals surface area contributed by atoms with Crippen LogP contribution in [0, 0.1) is 16.0 Å². The fourth-order valence-corrected chi connectivity index (χ4v) is 3.95. The Morgan fingerprint density at radius 3 is 2.96 bits per heavy atom. The molecule has 2 aliphatic heterocycles. The van der Waals surface area contributed by atoms with E-state index in [4.69, 9.17) is 11.6 Å². The van der Waals surface area contributed by atoms with Crippen molar-refractivity contribution in [3.63, 3.8) is 0 Å². The number of hydrogen-bond donors (Lipinski definition) is 2. The van der Waals surface area contributed by atoms with Gasteiger partial charge in [0.05, 0.1) is 11.0 Å². The minimum Gasteiger partial charge on any atom is -0.354 e. The zero-order valence-corrected chi connectivity index (χ0v) is 15.5. The van der Waals surface area contributed by atoms with Gasteiger partial charge in [0.25, 0.3) is 5.69 Å². The van der Waals surface area contributed by atoms with Crippen LogP contribution in [0.1, 0.15) is 31.2 Å².